The lowest BCUT2D eigenvalue weighted by Crippen LogP contribution is -2.40. The van der Waals surface area contributed by atoms with E-state index in [2.05, 4.69) is 61.9 Å². The van der Waals surface area contributed by atoms with Gasteiger partial charge in [-0.3, -0.25) is 0 Å². The standard InChI is InChI=1S/C15H28N4O/c1-8-16-12-9-14(18-13(17-12)10-20-7)19(6)11(2)15(3,4)5/h9,11H,8,10H2,1-7H3,(H,16,17,18). The molecule has 0 fully saturated rings. The molecule has 0 saturated carbocycles. The van der Waals surface area contributed by atoms with Gasteiger partial charge in [0, 0.05) is 32.8 Å². The molecule has 0 aromatic carbocycles. The second-order valence-electron chi connectivity index (χ2n) is 6.14. The van der Waals surface area contributed by atoms with Gasteiger partial charge >= 0.3 is 0 Å². The number of methoxy groups -OCH3 is 1. The molecular formula is C15H28N4O. The molecule has 0 spiro atoms. The number of rotatable bonds is 6. The highest BCUT2D eigenvalue weighted by Gasteiger charge is 2.25. The van der Waals surface area contributed by atoms with Gasteiger partial charge in [-0.05, 0) is 19.3 Å². The van der Waals surface area contributed by atoms with Crippen LogP contribution >= 0.6 is 0 Å². The fraction of sp³-hybridized carbons (Fsp3) is 0.733. The Balaban J connectivity index is 3.08. The minimum Gasteiger partial charge on any atom is -0.377 e. The van der Waals surface area contributed by atoms with Crippen LogP contribution in [0.2, 0.25) is 0 Å². The van der Waals surface area contributed by atoms with Crippen molar-refractivity contribution in [3.63, 3.8) is 0 Å². The first kappa shape index (κ1) is 16.7. The summed E-state index contributed by atoms with van der Waals surface area (Å²) in [7, 11) is 3.73. The molecule has 0 amide bonds. The number of hydrogen-bond donors (Lipinski definition) is 1. The van der Waals surface area contributed by atoms with Crippen LogP contribution in [-0.4, -0.2) is 36.7 Å². The van der Waals surface area contributed by atoms with Crippen LogP contribution in [0.15, 0.2) is 6.07 Å². The van der Waals surface area contributed by atoms with Gasteiger partial charge < -0.3 is 15.0 Å². The number of anilines is 2. The van der Waals surface area contributed by atoms with Crippen LogP contribution in [0.25, 0.3) is 0 Å². The minimum absolute atomic E-state index is 0.180. The number of nitrogens with zero attached hydrogens (tertiary/aromatic N) is 3. The molecule has 5 nitrogen and oxygen atoms in total. The third-order valence-electron chi connectivity index (χ3n) is 3.59. The van der Waals surface area contributed by atoms with Crippen LogP contribution in [0.4, 0.5) is 11.6 Å². The largest absolute Gasteiger partial charge is 0.377 e. The Hall–Kier alpha value is -1.36. The van der Waals surface area contributed by atoms with Crippen molar-refractivity contribution in [3.8, 4) is 0 Å². The summed E-state index contributed by atoms with van der Waals surface area (Å²) >= 11 is 0. The van der Waals surface area contributed by atoms with Crippen molar-refractivity contribution in [2.24, 2.45) is 5.41 Å². The zero-order chi connectivity index (χ0) is 15.3. The van der Waals surface area contributed by atoms with E-state index in [0.29, 0.717) is 18.5 Å². The average Bonchev–Trinajstić information content (AvgIpc) is 2.36. The van der Waals surface area contributed by atoms with Crippen molar-refractivity contribution in [1.29, 1.82) is 0 Å². The number of ether oxygens (including phenoxy) is 1. The normalized spacial score (nSPS) is 13.2. The molecule has 1 unspecified atom stereocenters. The van der Waals surface area contributed by atoms with Gasteiger partial charge in [0.1, 0.15) is 18.2 Å². The number of aromatic nitrogens is 2. The lowest BCUT2D eigenvalue weighted by atomic mass is 9.87. The van der Waals surface area contributed by atoms with E-state index >= 15 is 0 Å². The van der Waals surface area contributed by atoms with Gasteiger partial charge in [-0.1, -0.05) is 20.8 Å². The fourth-order valence-corrected chi connectivity index (χ4v) is 1.91. The highest BCUT2D eigenvalue weighted by molar-refractivity contribution is 5.49. The summed E-state index contributed by atoms with van der Waals surface area (Å²) in [4.78, 5) is 11.2. The van der Waals surface area contributed by atoms with Crippen molar-refractivity contribution < 1.29 is 4.74 Å². The zero-order valence-electron chi connectivity index (χ0n) is 13.8. The highest BCUT2D eigenvalue weighted by atomic mass is 16.5. The Morgan fingerprint density at radius 3 is 2.50 bits per heavy atom. The van der Waals surface area contributed by atoms with Crippen molar-refractivity contribution in [1.82, 2.24) is 9.97 Å². The number of hydrogen-bond acceptors (Lipinski definition) is 5. The van der Waals surface area contributed by atoms with Crippen LogP contribution in [0.5, 0.6) is 0 Å². The van der Waals surface area contributed by atoms with E-state index in [9.17, 15) is 0 Å². The van der Waals surface area contributed by atoms with Crippen LogP contribution in [0.3, 0.4) is 0 Å². The van der Waals surface area contributed by atoms with Gasteiger partial charge in [0.15, 0.2) is 5.82 Å². The molecule has 1 N–H and O–H groups in total. The van der Waals surface area contributed by atoms with E-state index in [1.165, 1.54) is 0 Å². The van der Waals surface area contributed by atoms with Gasteiger partial charge in [-0.25, -0.2) is 9.97 Å². The van der Waals surface area contributed by atoms with Gasteiger partial charge in [0.25, 0.3) is 0 Å². The molecule has 1 aromatic rings. The molecule has 1 atom stereocenters. The summed E-state index contributed by atoms with van der Waals surface area (Å²) in [5.41, 5.74) is 0.180. The summed E-state index contributed by atoms with van der Waals surface area (Å²) < 4.78 is 5.15. The maximum absolute atomic E-state index is 5.15. The zero-order valence-corrected chi connectivity index (χ0v) is 13.8. The molecule has 114 valence electrons. The Morgan fingerprint density at radius 1 is 1.35 bits per heavy atom. The van der Waals surface area contributed by atoms with Crippen LogP contribution < -0.4 is 10.2 Å². The number of nitrogens with one attached hydrogen (secondary N) is 1. The second-order valence-corrected chi connectivity index (χ2v) is 6.14. The molecule has 0 aliphatic carbocycles. The van der Waals surface area contributed by atoms with E-state index in [-0.39, 0.29) is 5.41 Å². The summed E-state index contributed by atoms with van der Waals surface area (Å²) in [6.07, 6.45) is 0. The molecule has 0 bridgehead atoms. The van der Waals surface area contributed by atoms with E-state index < -0.39 is 0 Å². The average molecular weight is 280 g/mol. The van der Waals surface area contributed by atoms with Gasteiger partial charge in [0.2, 0.25) is 0 Å². The quantitative estimate of drug-likeness (QED) is 0.868. The molecule has 5 heteroatoms. The maximum Gasteiger partial charge on any atom is 0.158 e. The van der Waals surface area contributed by atoms with Crippen molar-refractivity contribution >= 4 is 11.6 Å². The topological polar surface area (TPSA) is 50.3 Å². The lowest BCUT2D eigenvalue weighted by molar-refractivity contribution is 0.178. The summed E-state index contributed by atoms with van der Waals surface area (Å²) in [6.45, 7) is 12.2. The highest BCUT2D eigenvalue weighted by Crippen LogP contribution is 2.27. The summed E-state index contributed by atoms with van der Waals surface area (Å²) in [5.74, 6) is 2.47. The fourth-order valence-electron chi connectivity index (χ4n) is 1.91. The van der Waals surface area contributed by atoms with E-state index in [1.54, 1.807) is 7.11 Å². The molecule has 1 heterocycles. The Labute approximate surface area is 122 Å². The van der Waals surface area contributed by atoms with Gasteiger partial charge in [-0.15, -0.1) is 0 Å². The predicted molar refractivity (Wildman–Crippen MR) is 84.2 cm³/mol. The SMILES string of the molecule is CCNc1cc(N(C)C(C)C(C)(C)C)nc(COC)n1. The third kappa shape index (κ3) is 4.34. The lowest BCUT2D eigenvalue weighted by Gasteiger charge is -2.36. The van der Waals surface area contributed by atoms with Crippen LogP contribution in [-0.2, 0) is 11.3 Å². The Kier molecular flexibility index (Phi) is 5.74. The Bertz CT molecular complexity index is 404. The molecule has 20 heavy (non-hydrogen) atoms. The first-order valence-corrected chi connectivity index (χ1v) is 7.13. The van der Waals surface area contributed by atoms with Crippen molar-refractivity contribution in [3.05, 3.63) is 11.9 Å². The predicted octanol–water partition coefficient (Wildman–Crippen LogP) is 2.93. The van der Waals surface area contributed by atoms with Crippen LogP contribution in [0, 0.1) is 5.41 Å². The second kappa shape index (κ2) is 6.88. The first-order valence-electron chi connectivity index (χ1n) is 7.13. The maximum atomic E-state index is 5.15. The van der Waals surface area contributed by atoms with Crippen LogP contribution in [0.1, 0.15) is 40.4 Å². The van der Waals surface area contributed by atoms with Gasteiger partial charge in [0.05, 0.1) is 0 Å². The minimum atomic E-state index is 0.180. The van der Waals surface area contributed by atoms with E-state index in [1.807, 2.05) is 6.07 Å². The molecule has 0 aliphatic heterocycles. The molecule has 1 rings (SSSR count). The monoisotopic (exact) mass is 280 g/mol. The van der Waals surface area contributed by atoms with E-state index in [4.69, 9.17) is 4.74 Å². The van der Waals surface area contributed by atoms with E-state index in [0.717, 1.165) is 18.2 Å². The molecular weight excluding hydrogens is 252 g/mol. The Morgan fingerprint density at radius 2 is 2.00 bits per heavy atom. The van der Waals surface area contributed by atoms with Crippen molar-refractivity contribution in [2.45, 2.75) is 47.3 Å². The van der Waals surface area contributed by atoms with Gasteiger partial charge in [-0.2, -0.15) is 0 Å². The van der Waals surface area contributed by atoms with Crippen molar-refractivity contribution in [2.75, 3.05) is 30.9 Å². The smallest absolute Gasteiger partial charge is 0.158 e. The molecule has 0 aliphatic rings. The summed E-state index contributed by atoms with van der Waals surface area (Å²) in [5, 5.41) is 3.25. The summed E-state index contributed by atoms with van der Waals surface area (Å²) in [6, 6.07) is 2.35. The molecule has 1 aromatic heterocycles. The first-order chi connectivity index (χ1) is 9.29. The molecule has 0 radical (unpaired) electrons. The molecule has 0 saturated heterocycles. The third-order valence-corrected chi connectivity index (χ3v) is 3.59.